The maximum atomic E-state index is 13.1. The lowest BCUT2D eigenvalue weighted by molar-refractivity contribution is -0.385. The van der Waals surface area contributed by atoms with Crippen LogP contribution >= 0.6 is 0 Å². The summed E-state index contributed by atoms with van der Waals surface area (Å²) >= 11 is 0. The van der Waals surface area contributed by atoms with E-state index in [1.165, 1.54) is 36.4 Å². The SMILES string of the molecule is CCOC(=O)c1c(C)[nH]c(C(CC(=O)c2ccc([N+](=O)[O-])cc2)c2ccc([N+](=O)[O-])cc2)c1C. The highest BCUT2D eigenvalue weighted by Crippen LogP contribution is 2.34. The van der Waals surface area contributed by atoms with Crippen LogP contribution in [0.5, 0.6) is 0 Å². The van der Waals surface area contributed by atoms with E-state index >= 15 is 0 Å². The number of esters is 1. The van der Waals surface area contributed by atoms with Gasteiger partial charge in [0.2, 0.25) is 0 Å². The van der Waals surface area contributed by atoms with Crippen molar-refractivity contribution < 1.29 is 24.2 Å². The Kier molecular flexibility index (Phi) is 7.20. The molecule has 0 fully saturated rings. The highest BCUT2D eigenvalue weighted by molar-refractivity contribution is 5.97. The number of nitrogens with zero attached hydrogens (tertiary/aromatic N) is 2. The van der Waals surface area contributed by atoms with Crippen molar-refractivity contribution >= 4 is 23.1 Å². The molecule has 176 valence electrons. The molecule has 10 heteroatoms. The van der Waals surface area contributed by atoms with Crippen molar-refractivity contribution in [3.8, 4) is 0 Å². The molecule has 0 amide bonds. The number of carbonyl (C=O) groups excluding carboxylic acids is 2. The van der Waals surface area contributed by atoms with Crippen molar-refractivity contribution in [3.63, 3.8) is 0 Å². The predicted octanol–water partition coefficient (Wildman–Crippen LogP) is 5.03. The molecule has 10 nitrogen and oxygen atoms in total. The standard InChI is InChI=1S/C24H23N3O7/c1-4-34-24(29)22-14(2)23(25-15(22)3)20(16-5-9-18(10-6-16)26(30)31)13-21(28)17-7-11-19(12-8-17)27(32)33/h5-12,20,25H,4,13H2,1-3H3. The van der Waals surface area contributed by atoms with Crippen LogP contribution in [0.2, 0.25) is 0 Å². The number of rotatable bonds is 9. The second-order valence-electron chi connectivity index (χ2n) is 7.72. The van der Waals surface area contributed by atoms with E-state index in [2.05, 4.69) is 4.98 Å². The van der Waals surface area contributed by atoms with Gasteiger partial charge in [-0.2, -0.15) is 0 Å². The van der Waals surface area contributed by atoms with Crippen molar-refractivity contribution in [2.24, 2.45) is 0 Å². The van der Waals surface area contributed by atoms with Crippen molar-refractivity contribution in [2.75, 3.05) is 6.61 Å². The summed E-state index contributed by atoms with van der Waals surface area (Å²) in [6, 6.07) is 11.2. The minimum Gasteiger partial charge on any atom is -0.462 e. The first-order valence-corrected chi connectivity index (χ1v) is 10.5. The lowest BCUT2D eigenvalue weighted by atomic mass is 9.87. The molecule has 0 saturated heterocycles. The van der Waals surface area contributed by atoms with Crippen molar-refractivity contribution in [2.45, 2.75) is 33.1 Å². The molecule has 1 aromatic heterocycles. The third kappa shape index (κ3) is 5.01. The molecule has 0 aliphatic heterocycles. The number of hydrogen-bond acceptors (Lipinski definition) is 7. The van der Waals surface area contributed by atoms with Crippen LogP contribution in [-0.4, -0.2) is 33.2 Å². The second kappa shape index (κ2) is 10.1. The third-order valence-corrected chi connectivity index (χ3v) is 5.60. The number of benzene rings is 2. The third-order valence-electron chi connectivity index (χ3n) is 5.60. The number of ether oxygens (including phenoxy) is 1. The number of Topliss-reactive ketones (excluding diaryl/α,β-unsaturated/α-hetero) is 1. The monoisotopic (exact) mass is 465 g/mol. The Bertz CT molecular complexity index is 1240. The van der Waals surface area contributed by atoms with Crippen LogP contribution in [-0.2, 0) is 4.74 Å². The van der Waals surface area contributed by atoms with Gasteiger partial charge < -0.3 is 9.72 Å². The molecule has 1 unspecified atom stereocenters. The van der Waals surface area contributed by atoms with Crippen LogP contribution < -0.4 is 0 Å². The minimum atomic E-state index is -0.551. The number of H-pyrrole nitrogens is 1. The van der Waals surface area contributed by atoms with E-state index in [0.717, 1.165) is 0 Å². The molecule has 0 saturated carbocycles. The summed E-state index contributed by atoms with van der Waals surface area (Å²) in [5.74, 6) is -1.31. The van der Waals surface area contributed by atoms with Gasteiger partial charge >= 0.3 is 5.97 Å². The number of aromatic nitrogens is 1. The molecule has 0 aliphatic rings. The first-order valence-electron chi connectivity index (χ1n) is 10.5. The summed E-state index contributed by atoms with van der Waals surface area (Å²) < 4.78 is 5.16. The van der Waals surface area contributed by atoms with E-state index in [-0.39, 0.29) is 30.2 Å². The zero-order valence-electron chi connectivity index (χ0n) is 18.9. The maximum absolute atomic E-state index is 13.1. The summed E-state index contributed by atoms with van der Waals surface area (Å²) in [7, 11) is 0. The van der Waals surface area contributed by atoms with Crippen molar-refractivity contribution in [3.05, 3.63) is 102 Å². The van der Waals surface area contributed by atoms with E-state index < -0.39 is 21.7 Å². The molecule has 0 aliphatic carbocycles. The number of carbonyl (C=O) groups is 2. The summed E-state index contributed by atoms with van der Waals surface area (Å²) in [4.78, 5) is 49.7. The van der Waals surface area contributed by atoms with Gasteiger partial charge in [-0.3, -0.25) is 25.0 Å². The van der Waals surface area contributed by atoms with Crippen LogP contribution in [0.25, 0.3) is 0 Å². The zero-order chi connectivity index (χ0) is 25.0. The Hall–Kier alpha value is -4.34. The number of nitro benzene ring substituents is 2. The average molecular weight is 465 g/mol. The van der Waals surface area contributed by atoms with Gasteiger partial charge in [-0.05, 0) is 44.0 Å². The van der Waals surface area contributed by atoms with Gasteiger partial charge in [-0.15, -0.1) is 0 Å². The Morgan fingerprint density at radius 1 is 0.941 bits per heavy atom. The minimum absolute atomic E-state index is 0.0291. The fraction of sp³-hybridized carbons (Fsp3) is 0.250. The van der Waals surface area contributed by atoms with Gasteiger partial charge in [0.25, 0.3) is 11.4 Å². The van der Waals surface area contributed by atoms with Crippen LogP contribution in [0.1, 0.15) is 62.5 Å². The first kappa shape index (κ1) is 24.3. The van der Waals surface area contributed by atoms with Crippen LogP contribution in [0.15, 0.2) is 48.5 Å². The number of nitrogens with one attached hydrogen (secondary N) is 1. The van der Waals surface area contributed by atoms with E-state index in [1.807, 2.05) is 0 Å². The largest absolute Gasteiger partial charge is 0.462 e. The van der Waals surface area contributed by atoms with Gasteiger partial charge in [-0.25, -0.2) is 4.79 Å². The first-order chi connectivity index (χ1) is 16.1. The zero-order valence-corrected chi connectivity index (χ0v) is 18.9. The van der Waals surface area contributed by atoms with Gasteiger partial charge in [0.15, 0.2) is 5.78 Å². The number of hydrogen-bond donors (Lipinski definition) is 1. The molecule has 1 N–H and O–H groups in total. The molecular weight excluding hydrogens is 442 g/mol. The number of nitro groups is 2. The number of ketones is 1. The van der Waals surface area contributed by atoms with Crippen LogP contribution in [0, 0.1) is 34.1 Å². The fourth-order valence-electron chi connectivity index (χ4n) is 3.92. The van der Waals surface area contributed by atoms with Crippen molar-refractivity contribution in [1.29, 1.82) is 0 Å². The lowest BCUT2D eigenvalue weighted by Gasteiger charge is -2.17. The van der Waals surface area contributed by atoms with E-state index in [1.54, 1.807) is 32.9 Å². The second-order valence-corrected chi connectivity index (χ2v) is 7.72. The van der Waals surface area contributed by atoms with Crippen molar-refractivity contribution in [1.82, 2.24) is 4.98 Å². The lowest BCUT2D eigenvalue weighted by Crippen LogP contribution is -2.12. The Labute approximate surface area is 194 Å². The topological polar surface area (TPSA) is 145 Å². The van der Waals surface area contributed by atoms with Crippen LogP contribution in [0.4, 0.5) is 11.4 Å². The highest BCUT2D eigenvalue weighted by Gasteiger charge is 2.28. The van der Waals surface area contributed by atoms with E-state index in [0.29, 0.717) is 33.6 Å². The Balaban J connectivity index is 2.04. The normalized spacial score (nSPS) is 11.6. The average Bonchev–Trinajstić information content (AvgIpc) is 3.11. The van der Waals surface area contributed by atoms with Gasteiger partial charge in [0.1, 0.15) is 0 Å². The summed E-state index contributed by atoms with van der Waals surface area (Å²) in [5, 5.41) is 22.0. The highest BCUT2D eigenvalue weighted by atomic mass is 16.6. The molecule has 1 atom stereocenters. The summed E-state index contributed by atoms with van der Waals surface area (Å²) in [6.07, 6.45) is -0.0291. The molecule has 0 radical (unpaired) electrons. The molecule has 34 heavy (non-hydrogen) atoms. The molecule has 3 aromatic rings. The number of aromatic amines is 1. The molecule has 0 bridgehead atoms. The van der Waals surface area contributed by atoms with Crippen LogP contribution in [0.3, 0.4) is 0 Å². The van der Waals surface area contributed by atoms with E-state index in [9.17, 15) is 29.8 Å². The van der Waals surface area contributed by atoms with Gasteiger partial charge in [-0.1, -0.05) is 12.1 Å². The Morgan fingerprint density at radius 2 is 1.47 bits per heavy atom. The fourth-order valence-corrected chi connectivity index (χ4v) is 3.92. The quantitative estimate of drug-likeness (QED) is 0.202. The molecule has 3 rings (SSSR count). The summed E-state index contributed by atoms with van der Waals surface area (Å²) in [5.41, 5.74) is 2.92. The molecule has 0 spiro atoms. The van der Waals surface area contributed by atoms with Gasteiger partial charge in [0.05, 0.1) is 22.0 Å². The van der Waals surface area contributed by atoms with E-state index in [4.69, 9.17) is 4.74 Å². The summed E-state index contributed by atoms with van der Waals surface area (Å²) in [6.45, 7) is 5.40. The van der Waals surface area contributed by atoms with Gasteiger partial charge in [0, 0.05) is 53.6 Å². The Morgan fingerprint density at radius 3 is 1.97 bits per heavy atom. The number of aryl methyl sites for hydroxylation is 1. The predicted molar refractivity (Wildman–Crippen MR) is 123 cm³/mol. The maximum Gasteiger partial charge on any atom is 0.340 e. The number of non-ortho nitro benzene ring substituents is 2. The smallest absolute Gasteiger partial charge is 0.340 e. The molecular formula is C24H23N3O7. The molecule has 1 heterocycles. The molecule has 2 aromatic carbocycles.